The molecule has 0 saturated heterocycles. The molecule has 68 valence electrons. The van der Waals surface area contributed by atoms with E-state index in [4.69, 9.17) is 5.26 Å². The van der Waals surface area contributed by atoms with Crippen molar-refractivity contribution in [1.29, 1.82) is 5.26 Å². The van der Waals surface area contributed by atoms with Gasteiger partial charge in [0.1, 0.15) is 0 Å². The van der Waals surface area contributed by atoms with Crippen molar-refractivity contribution in [2.75, 3.05) is 5.75 Å². The molecule has 2 nitrogen and oxygen atoms in total. The maximum atomic E-state index is 8.37. The van der Waals surface area contributed by atoms with E-state index in [1.54, 1.807) is 11.8 Å². The van der Waals surface area contributed by atoms with Gasteiger partial charge in [0.25, 0.3) is 0 Å². The van der Waals surface area contributed by atoms with Gasteiger partial charge in [-0.15, -0.1) is 11.8 Å². The van der Waals surface area contributed by atoms with E-state index in [0.717, 1.165) is 16.5 Å². The fourth-order valence-electron chi connectivity index (χ4n) is 1.08. The number of hydrogen-bond acceptors (Lipinski definition) is 3. The van der Waals surface area contributed by atoms with E-state index in [0.29, 0.717) is 6.42 Å². The Hall–Kier alpha value is -1.01. The largest absolute Gasteiger partial charge is 0.247 e. The summed E-state index contributed by atoms with van der Waals surface area (Å²) in [5.41, 5.74) is 2.27. The molecule has 3 heteroatoms. The first kappa shape index (κ1) is 10.1. The summed E-state index contributed by atoms with van der Waals surface area (Å²) >= 11 is 1.64. The maximum absolute atomic E-state index is 8.37. The van der Waals surface area contributed by atoms with Crippen molar-refractivity contribution in [2.24, 2.45) is 0 Å². The highest BCUT2D eigenvalue weighted by molar-refractivity contribution is 7.99. The van der Waals surface area contributed by atoms with E-state index in [2.05, 4.69) is 24.0 Å². The fraction of sp³-hybridized carbons (Fsp3) is 0.400. The number of rotatable bonds is 3. The van der Waals surface area contributed by atoms with Gasteiger partial charge in [0.2, 0.25) is 0 Å². The molecule has 13 heavy (non-hydrogen) atoms. The van der Waals surface area contributed by atoms with Gasteiger partial charge in [-0.2, -0.15) is 5.26 Å². The lowest BCUT2D eigenvalue weighted by atomic mass is 10.3. The summed E-state index contributed by atoms with van der Waals surface area (Å²) in [6.45, 7) is 4.05. The number of aryl methyl sites for hydroxylation is 2. The Balaban J connectivity index is 2.62. The van der Waals surface area contributed by atoms with E-state index in [1.165, 1.54) is 5.56 Å². The van der Waals surface area contributed by atoms with E-state index >= 15 is 0 Å². The predicted molar refractivity (Wildman–Crippen MR) is 54.7 cm³/mol. The van der Waals surface area contributed by atoms with E-state index < -0.39 is 0 Å². The molecular formula is C10H12N2S. The molecule has 0 spiro atoms. The monoisotopic (exact) mass is 192 g/mol. The van der Waals surface area contributed by atoms with Crippen molar-refractivity contribution >= 4 is 11.8 Å². The van der Waals surface area contributed by atoms with Crippen LogP contribution in [0.3, 0.4) is 0 Å². The zero-order valence-electron chi connectivity index (χ0n) is 7.87. The summed E-state index contributed by atoms with van der Waals surface area (Å²) in [6.07, 6.45) is 0.583. The van der Waals surface area contributed by atoms with Crippen molar-refractivity contribution < 1.29 is 0 Å². The standard InChI is InChI=1S/C10H12N2S/c1-8-6-9(2)12-10(7-8)13-5-3-4-11/h6-7H,3,5H2,1-2H3. The second-order valence-corrected chi connectivity index (χ2v) is 4.00. The van der Waals surface area contributed by atoms with Crippen molar-refractivity contribution in [3.05, 3.63) is 23.4 Å². The van der Waals surface area contributed by atoms with Crippen LogP contribution in [0.1, 0.15) is 17.7 Å². The molecule has 0 bridgehead atoms. The number of nitrogens with zero attached hydrogens (tertiary/aromatic N) is 2. The van der Waals surface area contributed by atoms with Gasteiger partial charge in [-0.3, -0.25) is 0 Å². The van der Waals surface area contributed by atoms with Gasteiger partial charge < -0.3 is 0 Å². The number of nitriles is 1. The molecule has 0 fully saturated rings. The highest BCUT2D eigenvalue weighted by atomic mass is 32.2. The predicted octanol–water partition coefficient (Wildman–Crippen LogP) is 2.70. The Morgan fingerprint density at radius 2 is 2.23 bits per heavy atom. The first-order valence-electron chi connectivity index (χ1n) is 4.17. The Bertz CT molecular complexity index is 308. The average Bonchev–Trinajstić information content (AvgIpc) is 2.03. The molecule has 0 aliphatic carbocycles. The summed E-state index contributed by atoms with van der Waals surface area (Å²) < 4.78 is 0. The molecule has 0 amide bonds. The molecule has 0 saturated carbocycles. The topological polar surface area (TPSA) is 36.7 Å². The third-order valence-corrected chi connectivity index (χ3v) is 2.45. The zero-order chi connectivity index (χ0) is 9.68. The summed E-state index contributed by atoms with van der Waals surface area (Å²) in [4.78, 5) is 4.36. The third-order valence-electron chi connectivity index (χ3n) is 1.54. The van der Waals surface area contributed by atoms with Gasteiger partial charge in [0, 0.05) is 17.9 Å². The first-order chi connectivity index (χ1) is 6.22. The molecule has 1 heterocycles. The minimum absolute atomic E-state index is 0.583. The fourth-order valence-corrected chi connectivity index (χ4v) is 1.96. The van der Waals surface area contributed by atoms with E-state index in [9.17, 15) is 0 Å². The maximum Gasteiger partial charge on any atom is 0.0965 e. The van der Waals surface area contributed by atoms with Gasteiger partial charge in [-0.1, -0.05) is 0 Å². The molecular weight excluding hydrogens is 180 g/mol. The van der Waals surface area contributed by atoms with Crippen LogP contribution in [0.25, 0.3) is 0 Å². The van der Waals surface area contributed by atoms with Crippen molar-refractivity contribution in [1.82, 2.24) is 4.98 Å². The summed E-state index contributed by atoms with van der Waals surface area (Å²) in [5.74, 6) is 0.826. The highest BCUT2D eigenvalue weighted by Gasteiger charge is 1.97. The lowest BCUT2D eigenvalue weighted by Gasteiger charge is -2.01. The van der Waals surface area contributed by atoms with Crippen LogP contribution < -0.4 is 0 Å². The Morgan fingerprint density at radius 1 is 1.46 bits per heavy atom. The minimum atomic E-state index is 0.583. The third kappa shape index (κ3) is 3.47. The van der Waals surface area contributed by atoms with Crippen LogP contribution in [0.15, 0.2) is 17.2 Å². The SMILES string of the molecule is Cc1cc(C)nc(SCCC#N)c1. The van der Waals surface area contributed by atoms with Gasteiger partial charge in [0.15, 0.2) is 0 Å². The van der Waals surface area contributed by atoms with Gasteiger partial charge in [-0.05, 0) is 31.5 Å². The molecule has 0 aliphatic rings. The molecule has 0 unspecified atom stereocenters. The zero-order valence-corrected chi connectivity index (χ0v) is 8.69. The average molecular weight is 192 g/mol. The Kier molecular flexibility index (Phi) is 3.78. The molecule has 1 aromatic heterocycles. The van der Waals surface area contributed by atoms with Crippen LogP contribution in [-0.2, 0) is 0 Å². The van der Waals surface area contributed by atoms with Crippen LogP contribution in [0.2, 0.25) is 0 Å². The Labute approximate surface area is 83.0 Å². The molecule has 0 atom stereocenters. The molecule has 1 aromatic rings. The van der Waals surface area contributed by atoms with Gasteiger partial charge in [-0.25, -0.2) is 4.98 Å². The normalized spacial score (nSPS) is 9.62. The van der Waals surface area contributed by atoms with Crippen molar-refractivity contribution in [3.63, 3.8) is 0 Å². The van der Waals surface area contributed by atoms with Crippen molar-refractivity contribution in [2.45, 2.75) is 25.3 Å². The van der Waals surface area contributed by atoms with Crippen LogP contribution in [-0.4, -0.2) is 10.7 Å². The van der Waals surface area contributed by atoms with E-state index in [-0.39, 0.29) is 0 Å². The lowest BCUT2D eigenvalue weighted by Crippen LogP contribution is -1.87. The molecule has 0 N–H and O–H groups in total. The number of pyridine rings is 1. The highest BCUT2D eigenvalue weighted by Crippen LogP contribution is 2.17. The van der Waals surface area contributed by atoms with E-state index in [1.807, 2.05) is 13.0 Å². The van der Waals surface area contributed by atoms with Gasteiger partial charge in [0.05, 0.1) is 11.1 Å². The second-order valence-electron chi connectivity index (χ2n) is 2.88. The Morgan fingerprint density at radius 3 is 2.85 bits per heavy atom. The summed E-state index contributed by atoms with van der Waals surface area (Å²) in [5, 5.41) is 9.39. The van der Waals surface area contributed by atoms with Crippen molar-refractivity contribution in [3.8, 4) is 6.07 Å². The molecule has 1 rings (SSSR count). The number of aromatic nitrogens is 1. The van der Waals surface area contributed by atoms with Crippen LogP contribution in [0.5, 0.6) is 0 Å². The molecule has 0 aromatic carbocycles. The number of hydrogen-bond donors (Lipinski definition) is 0. The number of thioether (sulfide) groups is 1. The summed E-state index contributed by atoms with van der Waals surface area (Å²) in [7, 11) is 0. The smallest absolute Gasteiger partial charge is 0.0965 e. The lowest BCUT2D eigenvalue weighted by molar-refractivity contribution is 1.04. The van der Waals surface area contributed by atoms with Crippen LogP contribution >= 0.6 is 11.8 Å². The minimum Gasteiger partial charge on any atom is -0.247 e. The molecule has 0 radical (unpaired) electrons. The second kappa shape index (κ2) is 4.88. The van der Waals surface area contributed by atoms with Crippen LogP contribution in [0, 0.1) is 25.2 Å². The van der Waals surface area contributed by atoms with Gasteiger partial charge >= 0.3 is 0 Å². The quantitative estimate of drug-likeness (QED) is 0.545. The van der Waals surface area contributed by atoms with Crippen LogP contribution in [0.4, 0.5) is 0 Å². The molecule has 0 aliphatic heterocycles. The first-order valence-corrected chi connectivity index (χ1v) is 5.16. The summed E-state index contributed by atoms with van der Waals surface area (Å²) in [6, 6.07) is 6.22.